The van der Waals surface area contributed by atoms with Crippen LogP contribution in [-0.4, -0.2) is 41.3 Å². The third kappa shape index (κ3) is 3.25. The van der Waals surface area contributed by atoms with E-state index in [-0.39, 0.29) is 25.0 Å². The van der Waals surface area contributed by atoms with Gasteiger partial charge in [-0.1, -0.05) is 6.07 Å². The molecule has 0 radical (unpaired) electrons. The molecular weight excluding hydrogens is 264 g/mol. The molecule has 1 aromatic carbocycles. The number of aliphatic hydroxyl groups excluding tert-OH is 2. The van der Waals surface area contributed by atoms with E-state index in [0.717, 1.165) is 0 Å². The van der Waals surface area contributed by atoms with E-state index in [1.165, 1.54) is 6.92 Å². The van der Waals surface area contributed by atoms with Gasteiger partial charge >= 0.3 is 0 Å². The number of ether oxygens (including phenoxy) is 1. The minimum Gasteiger partial charge on any atom is -0.482 e. The van der Waals surface area contributed by atoms with E-state index in [2.05, 4.69) is 10.6 Å². The smallest absolute Gasteiger partial charge is 0.262 e. The Bertz CT molecular complexity index is 531. The zero-order valence-corrected chi connectivity index (χ0v) is 10.9. The lowest BCUT2D eigenvalue weighted by Crippen LogP contribution is -2.34. The molecule has 0 aromatic heterocycles. The van der Waals surface area contributed by atoms with Gasteiger partial charge in [-0.25, -0.2) is 0 Å². The summed E-state index contributed by atoms with van der Waals surface area (Å²) in [7, 11) is 0. The second-order valence-corrected chi connectivity index (χ2v) is 4.54. The Balaban J connectivity index is 2.09. The number of carbonyl (C=O) groups is 2. The van der Waals surface area contributed by atoms with Gasteiger partial charge in [0.15, 0.2) is 6.61 Å². The number of amides is 2. The fourth-order valence-electron chi connectivity index (χ4n) is 1.86. The number of hydrogen-bond donors (Lipinski definition) is 4. The van der Waals surface area contributed by atoms with Crippen LogP contribution >= 0.6 is 0 Å². The molecule has 7 nitrogen and oxygen atoms in total. The molecule has 0 bridgehead atoms. The number of hydrogen-bond acceptors (Lipinski definition) is 5. The molecule has 0 saturated heterocycles. The Labute approximate surface area is 115 Å². The van der Waals surface area contributed by atoms with Crippen molar-refractivity contribution >= 4 is 17.5 Å². The van der Waals surface area contributed by atoms with Crippen LogP contribution in [0.2, 0.25) is 0 Å². The van der Waals surface area contributed by atoms with Crippen LogP contribution in [0.3, 0.4) is 0 Å². The molecule has 0 aliphatic carbocycles. The molecule has 2 atom stereocenters. The number of aliphatic hydroxyl groups is 2. The maximum atomic E-state index is 11.1. The van der Waals surface area contributed by atoms with Crippen LogP contribution in [0.5, 0.6) is 5.75 Å². The normalized spacial score (nSPS) is 16.4. The number of anilines is 1. The Morgan fingerprint density at radius 3 is 2.95 bits per heavy atom. The first-order valence-electron chi connectivity index (χ1n) is 6.14. The maximum Gasteiger partial charge on any atom is 0.262 e. The van der Waals surface area contributed by atoms with Crippen molar-refractivity contribution in [3.05, 3.63) is 23.8 Å². The highest BCUT2D eigenvalue weighted by Gasteiger charge is 2.22. The van der Waals surface area contributed by atoms with Gasteiger partial charge in [0.1, 0.15) is 18.0 Å². The quantitative estimate of drug-likeness (QED) is 0.597. The van der Waals surface area contributed by atoms with E-state index < -0.39 is 12.2 Å². The van der Waals surface area contributed by atoms with Crippen molar-refractivity contribution in [1.29, 1.82) is 0 Å². The molecule has 108 valence electrons. The molecule has 2 rings (SSSR count). The van der Waals surface area contributed by atoms with Gasteiger partial charge in [0.05, 0.1) is 5.69 Å². The summed E-state index contributed by atoms with van der Waals surface area (Å²) in [6, 6.07) is 4.72. The molecule has 1 aliphatic rings. The summed E-state index contributed by atoms with van der Waals surface area (Å²) in [6.07, 6.45) is -2.29. The van der Waals surface area contributed by atoms with Crippen LogP contribution in [-0.2, 0) is 9.59 Å². The van der Waals surface area contributed by atoms with Crippen molar-refractivity contribution in [2.24, 2.45) is 0 Å². The number of benzene rings is 1. The first-order valence-corrected chi connectivity index (χ1v) is 6.14. The molecule has 1 aromatic rings. The van der Waals surface area contributed by atoms with Crippen molar-refractivity contribution in [2.75, 3.05) is 18.5 Å². The lowest BCUT2D eigenvalue weighted by atomic mass is 10.0. The van der Waals surface area contributed by atoms with Gasteiger partial charge in [0.25, 0.3) is 5.91 Å². The SMILES string of the molecule is CC(=O)NCC(O)C(O)c1ccc2c(c1)OCC(=O)N2. The lowest BCUT2D eigenvalue weighted by molar-refractivity contribution is -0.120. The van der Waals surface area contributed by atoms with Gasteiger partial charge in [0, 0.05) is 13.5 Å². The molecule has 20 heavy (non-hydrogen) atoms. The van der Waals surface area contributed by atoms with Crippen molar-refractivity contribution in [2.45, 2.75) is 19.1 Å². The van der Waals surface area contributed by atoms with Crippen LogP contribution in [0.25, 0.3) is 0 Å². The highest BCUT2D eigenvalue weighted by atomic mass is 16.5. The largest absolute Gasteiger partial charge is 0.482 e. The fourth-order valence-corrected chi connectivity index (χ4v) is 1.86. The van der Waals surface area contributed by atoms with Crippen molar-refractivity contribution in [3.63, 3.8) is 0 Å². The maximum absolute atomic E-state index is 11.1. The van der Waals surface area contributed by atoms with Crippen LogP contribution in [0, 0.1) is 0 Å². The van der Waals surface area contributed by atoms with Gasteiger partial charge in [0.2, 0.25) is 5.91 Å². The molecule has 7 heteroatoms. The zero-order valence-electron chi connectivity index (χ0n) is 10.9. The van der Waals surface area contributed by atoms with Crippen LogP contribution in [0.4, 0.5) is 5.69 Å². The molecule has 2 unspecified atom stereocenters. The predicted molar refractivity (Wildman–Crippen MR) is 70.2 cm³/mol. The van der Waals surface area contributed by atoms with Crippen LogP contribution in [0.15, 0.2) is 18.2 Å². The molecular formula is C13H16N2O5. The standard InChI is InChI=1S/C13H16N2O5/c1-7(16)14-5-10(17)13(19)8-2-3-9-11(4-8)20-6-12(18)15-9/h2-4,10,13,17,19H,5-6H2,1H3,(H,14,16)(H,15,18). The van der Waals surface area contributed by atoms with E-state index in [4.69, 9.17) is 4.74 Å². The molecule has 0 fully saturated rings. The molecule has 4 N–H and O–H groups in total. The van der Waals surface area contributed by atoms with E-state index in [9.17, 15) is 19.8 Å². The average molecular weight is 280 g/mol. The number of nitrogens with one attached hydrogen (secondary N) is 2. The minimum atomic E-state index is -1.16. The average Bonchev–Trinajstić information content (AvgIpc) is 2.43. The molecule has 2 amide bonds. The van der Waals surface area contributed by atoms with Crippen molar-refractivity contribution in [1.82, 2.24) is 5.32 Å². The van der Waals surface area contributed by atoms with Gasteiger partial charge in [-0.15, -0.1) is 0 Å². The Kier molecular flexibility index (Phi) is 4.21. The van der Waals surface area contributed by atoms with Gasteiger partial charge in [-0.3, -0.25) is 9.59 Å². The summed E-state index contributed by atoms with van der Waals surface area (Å²) in [6.45, 7) is 1.20. The van der Waals surface area contributed by atoms with E-state index in [0.29, 0.717) is 17.0 Å². The topological polar surface area (TPSA) is 108 Å². The van der Waals surface area contributed by atoms with Crippen molar-refractivity contribution < 1.29 is 24.5 Å². The van der Waals surface area contributed by atoms with Gasteiger partial charge in [-0.05, 0) is 17.7 Å². The van der Waals surface area contributed by atoms with E-state index in [1.807, 2.05) is 0 Å². The second kappa shape index (κ2) is 5.89. The fraction of sp³-hybridized carbons (Fsp3) is 0.385. The lowest BCUT2D eigenvalue weighted by Gasteiger charge is -2.22. The molecule has 1 aliphatic heterocycles. The second-order valence-electron chi connectivity index (χ2n) is 4.54. The number of carbonyl (C=O) groups excluding carboxylic acids is 2. The highest BCUT2D eigenvalue weighted by molar-refractivity contribution is 5.95. The molecule has 0 spiro atoms. The summed E-state index contributed by atoms with van der Waals surface area (Å²) >= 11 is 0. The minimum absolute atomic E-state index is 0.0504. The number of fused-ring (bicyclic) bond motifs is 1. The summed E-state index contributed by atoms with van der Waals surface area (Å²) < 4.78 is 5.23. The summed E-state index contributed by atoms with van der Waals surface area (Å²) in [5.74, 6) is -0.0860. The Morgan fingerprint density at radius 2 is 2.25 bits per heavy atom. The predicted octanol–water partition coefficient (Wildman–Crippen LogP) is -0.452. The summed E-state index contributed by atoms with van der Waals surface area (Å²) in [4.78, 5) is 21.9. The zero-order chi connectivity index (χ0) is 14.7. The van der Waals surface area contributed by atoms with Gasteiger partial charge in [-0.2, -0.15) is 0 Å². The van der Waals surface area contributed by atoms with Crippen molar-refractivity contribution in [3.8, 4) is 5.75 Å². The number of rotatable bonds is 4. The summed E-state index contributed by atoms with van der Waals surface area (Å²) in [5, 5.41) is 24.9. The van der Waals surface area contributed by atoms with Crippen LogP contribution < -0.4 is 15.4 Å². The first-order chi connectivity index (χ1) is 9.47. The first kappa shape index (κ1) is 14.3. The monoisotopic (exact) mass is 280 g/mol. The van der Waals surface area contributed by atoms with Gasteiger partial charge < -0.3 is 25.6 Å². The van der Waals surface area contributed by atoms with E-state index in [1.54, 1.807) is 18.2 Å². The Hall–Kier alpha value is -2.12. The van der Waals surface area contributed by atoms with E-state index >= 15 is 0 Å². The highest BCUT2D eigenvalue weighted by Crippen LogP contribution is 2.31. The Morgan fingerprint density at radius 1 is 1.50 bits per heavy atom. The summed E-state index contributed by atoms with van der Waals surface area (Å²) in [5.41, 5.74) is 0.964. The third-order valence-corrected chi connectivity index (χ3v) is 2.90. The molecule has 0 saturated carbocycles. The molecule has 1 heterocycles. The third-order valence-electron chi connectivity index (χ3n) is 2.90. The van der Waals surface area contributed by atoms with Crippen LogP contribution in [0.1, 0.15) is 18.6 Å².